The van der Waals surface area contributed by atoms with E-state index in [0.29, 0.717) is 10.7 Å². The fraction of sp³-hybridized carbons (Fsp3) is 0.250. The maximum absolute atomic E-state index is 12.0. The van der Waals surface area contributed by atoms with E-state index in [0.717, 1.165) is 25.0 Å². The predicted molar refractivity (Wildman–Crippen MR) is 89.5 cm³/mol. The highest BCUT2D eigenvalue weighted by molar-refractivity contribution is 7.15. The van der Waals surface area contributed by atoms with E-state index in [4.69, 9.17) is 0 Å². The van der Waals surface area contributed by atoms with Crippen molar-refractivity contribution in [1.82, 2.24) is 4.98 Å². The fourth-order valence-electron chi connectivity index (χ4n) is 2.51. The average molecular weight is 329 g/mol. The number of aromatic nitrogens is 1. The molecule has 118 valence electrons. The van der Waals surface area contributed by atoms with E-state index in [9.17, 15) is 14.9 Å². The molecule has 23 heavy (non-hydrogen) atoms. The van der Waals surface area contributed by atoms with Gasteiger partial charge in [-0.05, 0) is 37.8 Å². The Balaban J connectivity index is 1.70. The molecule has 0 saturated carbocycles. The third-order valence-electron chi connectivity index (χ3n) is 3.62. The molecule has 1 aliphatic carbocycles. The van der Waals surface area contributed by atoms with Gasteiger partial charge in [0.05, 0.1) is 16.2 Å². The zero-order valence-electron chi connectivity index (χ0n) is 12.3. The lowest BCUT2D eigenvalue weighted by atomic mass is 10.0. The van der Waals surface area contributed by atoms with Gasteiger partial charge in [-0.1, -0.05) is 12.1 Å². The Morgan fingerprint density at radius 1 is 1.30 bits per heavy atom. The van der Waals surface area contributed by atoms with Crippen LogP contribution in [-0.4, -0.2) is 15.8 Å². The first kappa shape index (κ1) is 15.4. The number of nitrogens with zero attached hydrogens (tertiary/aromatic N) is 2. The molecule has 0 spiro atoms. The van der Waals surface area contributed by atoms with Crippen LogP contribution in [0.2, 0.25) is 0 Å². The van der Waals surface area contributed by atoms with Gasteiger partial charge in [0.15, 0.2) is 5.13 Å². The van der Waals surface area contributed by atoms with Gasteiger partial charge in [0.1, 0.15) is 0 Å². The molecule has 1 N–H and O–H groups in total. The number of para-hydroxylation sites is 1. The number of fused-ring (bicyclic) bond motifs is 1. The van der Waals surface area contributed by atoms with Crippen molar-refractivity contribution in [2.45, 2.75) is 25.7 Å². The van der Waals surface area contributed by atoms with Crippen LogP contribution in [0.4, 0.5) is 10.8 Å². The molecule has 0 fully saturated rings. The standard InChI is InChI=1S/C16H15N3O3S/c20-15(10-9-11-5-1-3-7-13(11)19(21)22)18-16-17-12-6-2-4-8-14(12)23-16/h1,3,5,7,9-10H,2,4,6,8H2,(H,17,18,20)/b10-9+. The number of benzene rings is 1. The Hall–Kier alpha value is -2.54. The second-order valence-electron chi connectivity index (χ2n) is 5.23. The van der Waals surface area contributed by atoms with Crippen molar-refractivity contribution in [3.63, 3.8) is 0 Å². The lowest BCUT2D eigenvalue weighted by molar-refractivity contribution is -0.385. The molecule has 3 rings (SSSR count). The molecule has 0 radical (unpaired) electrons. The molecule has 0 atom stereocenters. The van der Waals surface area contributed by atoms with Crippen LogP contribution in [0.25, 0.3) is 6.08 Å². The maximum atomic E-state index is 12.0. The predicted octanol–water partition coefficient (Wildman–Crippen LogP) is 3.58. The van der Waals surface area contributed by atoms with Crippen LogP contribution in [0.1, 0.15) is 29.0 Å². The van der Waals surface area contributed by atoms with E-state index < -0.39 is 4.92 Å². The number of amides is 1. The normalized spacial score (nSPS) is 13.7. The minimum absolute atomic E-state index is 0.0266. The molecule has 2 aromatic rings. The molecular weight excluding hydrogens is 314 g/mol. The average Bonchev–Trinajstić information content (AvgIpc) is 2.95. The number of hydrogen-bond donors (Lipinski definition) is 1. The molecule has 1 amide bonds. The lowest BCUT2D eigenvalue weighted by Crippen LogP contribution is -2.07. The van der Waals surface area contributed by atoms with E-state index in [-0.39, 0.29) is 11.6 Å². The van der Waals surface area contributed by atoms with Crippen LogP contribution < -0.4 is 5.32 Å². The van der Waals surface area contributed by atoms with Crippen LogP contribution in [0.3, 0.4) is 0 Å². The first-order chi connectivity index (χ1) is 11.1. The molecule has 1 heterocycles. The van der Waals surface area contributed by atoms with Crippen molar-refractivity contribution < 1.29 is 9.72 Å². The number of nitro groups is 1. The highest BCUT2D eigenvalue weighted by Gasteiger charge is 2.16. The Kier molecular flexibility index (Phi) is 4.47. The Bertz CT molecular complexity index is 759. The molecule has 1 aromatic carbocycles. The molecular formula is C16H15N3O3S. The molecule has 0 bridgehead atoms. The molecule has 0 aliphatic heterocycles. The molecule has 1 aromatic heterocycles. The van der Waals surface area contributed by atoms with Crippen LogP contribution in [0.5, 0.6) is 0 Å². The number of nitrogens with one attached hydrogen (secondary N) is 1. The summed E-state index contributed by atoms with van der Waals surface area (Å²) in [6, 6.07) is 6.30. The SMILES string of the molecule is O=C(/C=C/c1ccccc1[N+](=O)[O-])Nc1nc2c(s1)CCCC2. The number of carbonyl (C=O) groups is 1. The topological polar surface area (TPSA) is 85.1 Å². The van der Waals surface area contributed by atoms with E-state index in [1.54, 1.807) is 18.2 Å². The van der Waals surface area contributed by atoms with E-state index in [2.05, 4.69) is 10.3 Å². The zero-order valence-corrected chi connectivity index (χ0v) is 13.1. The van der Waals surface area contributed by atoms with Gasteiger partial charge in [-0.2, -0.15) is 0 Å². The van der Waals surface area contributed by atoms with E-state index >= 15 is 0 Å². The van der Waals surface area contributed by atoms with Gasteiger partial charge in [0, 0.05) is 17.0 Å². The van der Waals surface area contributed by atoms with Crippen molar-refractivity contribution in [3.8, 4) is 0 Å². The first-order valence-electron chi connectivity index (χ1n) is 7.34. The van der Waals surface area contributed by atoms with Gasteiger partial charge in [-0.25, -0.2) is 4.98 Å². The molecule has 7 heteroatoms. The van der Waals surface area contributed by atoms with Gasteiger partial charge < -0.3 is 0 Å². The van der Waals surface area contributed by atoms with Gasteiger partial charge >= 0.3 is 0 Å². The quantitative estimate of drug-likeness (QED) is 0.528. The molecule has 0 saturated heterocycles. The Morgan fingerprint density at radius 3 is 2.87 bits per heavy atom. The third kappa shape index (κ3) is 3.62. The van der Waals surface area contributed by atoms with Gasteiger partial charge in [-0.3, -0.25) is 20.2 Å². The second-order valence-corrected chi connectivity index (χ2v) is 6.32. The number of aryl methyl sites for hydroxylation is 2. The minimum Gasteiger partial charge on any atom is -0.298 e. The smallest absolute Gasteiger partial charge is 0.276 e. The van der Waals surface area contributed by atoms with Crippen molar-refractivity contribution in [1.29, 1.82) is 0 Å². The summed E-state index contributed by atoms with van der Waals surface area (Å²) in [4.78, 5) is 28.1. The highest BCUT2D eigenvalue weighted by Crippen LogP contribution is 2.29. The summed E-state index contributed by atoms with van der Waals surface area (Å²) in [5, 5.41) is 14.3. The Morgan fingerprint density at radius 2 is 2.09 bits per heavy atom. The van der Waals surface area contributed by atoms with Gasteiger partial charge in [-0.15, -0.1) is 11.3 Å². The monoisotopic (exact) mass is 329 g/mol. The molecule has 6 nitrogen and oxygen atoms in total. The molecule has 1 aliphatic rings. The summed E-state index contributed by atoms with van der Waals surface area (Å²) in [5.74, 6) is -0.339. The summed E-state index contributed by atoms with van der Waals surface area (Å²) >= 11 is 1.51. The summed E-state index contributed by atoms with van der Waals surface area (Å²) in [7, 11) is 0. The lowest BCUT2D eigenvalue weighted by Gasteiger charge is -2.06. The second kappa shape index (κ2) is 6.70. The number of carbonyl (C=O) groups excluding carboxylic acids is 1. The van der Waals surface area contributed by atoms with Crippen LogP contribution in [0, 0.1) is 10.1 Å². The largest absolute Gasteiger partial charge is 0.298 e. The van der Waals surface area contributed by atoms with Crippen molar-refractivity contribution >= 4 is 34.1 Å². The van der Waals surface area contributed by atoms with Crippen molar-refractivity contribution in [3.05, 3.63) is 56.6 Å². The van der Waals surface area contributed by atoms with Crippen LogP contribution in [-0.2, 0) is 17.6 Å². The van der Waals surface area contributed by atoms with E-state index in [1.165, 1.54) is 40.9 Å². The first-order valence-corrected chi connectivity index (χ1v) is 8.16. The fourth-order valence-corrected chi connectivity index (χ4v) is 3.57. The van der Waals surface area contributed by atoms with E-state index in [1.807, 2.05) is 0 Å². The highest BCUT2D eigenvalue weighted by atomic mass is 32.1. The van der Waals surface area contributed by atoms with Crippen molar-refractivity contribution in [2.75, 3.05) is 5.32 Å². The summed E-state index contributed by atoms with van der Waals surface area (Å²) < 4.78 is 0. The number of nitro benzene ring substituents is 1. The van der Waals surface area contributed by atoms with Crippen LogP contribution >= 0.6 is 11.3 Å². The summed E-state index contributed by atoms with van der Waals surface area (Å²) in [5.41, 5.74) is 1.45. The maximum Gasteiger partial charge on any atom is 0.276 e. The van der Waals surface area contributed by atoms with Gasteiger partial charge in [0.2, 0.25) is 5.91 Å². The van der Waals surface area contributed by atoms with Crippen molar-refractivity contribution in [2.24, 2.45) is 0 Å². The number of thiazole rings is 1. The number of anilines is 1. The number of rotatable bonds is 4. The third-order valence-corrected chi connectivity index (χ3v) is 4.70. The summed E-state index contributed by atoms with van der Waals surface area (Å²) in [6.07, 6.45) is 7.04. The number of hydrogen-bond acceptors (Lipinski definition) is 5. The molecule has 0 unspecified atom stereocenters. The summed E-state index contributed by atoms with van der Waals surface area (Å²) in [6.45, 7) is 0. The zero-order chi connectivity index (χ0) is 16.2. The minimum atomic E-state index is -0.466. The van der Waals surface area contributed by atoms with Gasteiger partial charge in [0.25, 0.3) is 5.69 Å². The Labute approximate surface area is 137 Å². The van der Waals surface area contributed by atoms with Crippen LogP contribution in [0.15, 0.2) is 30.3 Å².